The first-order chi connectivity index (χ1) is 13.2. The highest BCUT2D eigenvalue weighted by Gasteiger charge is 2.27. The number of benzene rings is 2. The van der Waals surface area contributed by atoms with Gasteiger partial charge in [-0.1, -0.05) is 23.4 Å². The van der Waals surface area contributed by atoms with Crippen molar-refractivity contribution in [2.75, 3.05) is 23.6 Å². The second-order valence-electron chi connectivity index (χ2n) is 6.18. The van der Waals surface area contributed by atoms with Gasteiger partial charge in [-0.25, -0.2) is 0 Å². The van der Waals surface area contributed by atoms with Crippen molar-refractivity contribution >= 4 is 28.8 Å². The molecule has 1 aliphatic rings. The second-order valence-corrected chi connectivity index (χ2v) is 6.54. The van der Waals surface area contributed by atoms with E-state index in [4.69, 9.17) is 26.2 Å². The van der Waals surface area contributed by atoms with Crippen LogP contribution in [-0.4, -0.2) is 24.1 Å². The van der Waals surface area contributed by atoms with Crippen LogP contribution < -0.4 is 19.3 Å². The van der Waals surface area contributed by atoms with E-state index in [9.17, 15) is 0 Å². The molecule has 0 radical (unpaired) electrons. The number of anilines is 2. The molecule has 0 bridgehead atoms. The van der Waals surface area contributed by atoms with Crippen LogP contribution in [0.4, 0.5) is 11.5 Å². The number of para-hydroxylation sites is 1. The number of rotatable bonds is 3. The van der Waals surface area contributed by atoms with Crippen molar-refractivity contribution in [2.24, 2.45) is 0 Å². The third-order valence-corrected chi connectivity index (χ3v) is 4.81. The van der Waals surface area contributed by atoms with E-state index in [0.717, 1.165) is 28.5 Å². The summed E-state index contributed by atoms with van der Waals surface area (Å²) in [6.07, 6.45) is 0. The Balaban J connectivity index is 1.79. The molecule has 1 aliphatic heterocycles. The van der Waals surface area contributed by atoms with Crippen molar-refractivity contribution in [2.45, 2.75) is 13.5 Å². The van der Waals surface area contributed by atoms with Crippen LogP contribution in [0.3, 0.4) is 0 Å². The Kier molecular flexibility index (Phi) is 4.68. The highest BCUT2D eigenvalue weighted by Crippen LogP contribution is 2.31. The third kappa shape index (κ3) is 3.46. The van der Waals surface area contributed by atoms with Gasteiger partial charge in [0, 0.05) is 17.3 Å². The predicted octanol–water partition coefficient (Wildman–Crippen LogP) is 4.14. The van der Waals surface area contributed by atoms with Crippen LogP contribution in [0.15, 0.2) is 59.1 Å². The minimum absolute atomic E-state index is 0.287. The molecular formula is C20H19N3O3S. The van der Waals surface area contributed by atoms with E-state index in [1.165, 1.54) is 0 Å². The van der Waals surface area contributed by atoms with Crippen LogP contribution >= 0.6 is 12.2 Å². The number of aromatic nitrogens is 1. The molecule has 0 spiro atoms. The van der Waals surface area contributed by atoms with Gasteiger partial charge < -0.3 is 14.0 Å². The van der Waals surface area contributed by atoms with Crippen LogP contribution in [0.25, 0.3) is 0 Å². The Morgan fingerprint density at radius 1 is 1.07 bits per heavy atom. The number of aryl methyl sites for hydroxylation is 1. The number of ether oxygens (including phenoxy) is 2. The van der Waals surface area contributed by atoms with Crippen molar-refractivity contribution in [1.82, 2.24) is 5.16 Å². The van der Waals surface area contributed by atoms with Gasteiger partial charge in [0.05, 0.1) is 13.7 Å². The summed E-state index contributed by atoms with van der Waals surface area (Å²) in [5, 5.41) is 4.76. The van der Waals surface area contributed by atoms with Crippen molar-refractivity contribution in [3.8, 4) is 11.5 Å². The van der Waals surface area contributed by atoms with E-state index < -0.39 is 0 Å². The molecule has 27 heavy (non-hydrogen) atoms. The Morgan fingerprint density at radius 2 is 1.89 bits per heavy atom. The van der Waals surface area contributed by atoms with Gasteiger partial charge in [-0.15, -0.1) is 0 Å². The van der Waals surface area contributed by atoms with E-state index in [1.54, 1.807) is 7.11 Å². The summed E-state index contributed by atoms with van der Waals surface area (Å²) < 4.78 is 16.7. The monoisotopic (exact) mass is 381 g/mol. The highest BCUT2D eigenvalue weighted by molar-refractivity contribution is 7.80. The minimum Gasteiger partial charge on any atom is -0.497 e. The lowest BCUT2D eigenvalue weighted by Gasteiger charge is -2.35. The SMILES string of the molecule is COc1ccc2c(c1)CN(c1cc(C)on1)C(=S)N(c1ccccc1)CO2. The fourth-order valence-electron chi connectivity index (χ4n) is 2.97. The molecule has 0 fully saturated rings. The van der Waals surface area contributed by atoms with E-state index in [-0.39, 0.29) is 6.73 Å². The molecule has 3 aromatic rings. The summed E-state index contributed by atoms with van der Waals surface area (Å²) in [6, 6.07) is 17.5. The maximum absolute atomic E-state index is 6.07. The van der Waals surface area contributed by atoms with Crippen LogP contribution in [-0.2, 0) is 6.54 Å². The fourth-order valence-corrected chi connectivity index (χ4v) is 3.29. The normalized spacial score (nSPS) is 14.2. The first kappa shape index (κ1) is 17.4. The number of fused-ring (bicyclic) bond motifs is 1. The Bertz CT molecular complexity index is 958. The summed E-state index contributed by atoms with van der Waals surface area (Å²) in [7, 11) is 1.64. The molecule has 1 aromatic heterocycles. The molecule has 0 saturated heterocycles. The van der Waals surface area contributed by atoms with Crippen LogP contribution in [0, 0.1) is 6.92 Å². The summed E-state index contributed by atoms with van der Waals surface area (Å²) in [5.41, 5.74) is 1.91. The average molecular weight is 381 g/mol. The topological polar surface area (TPSA) is 51.0 Å². The van der Waals surface area contributed by atoms with E-state index in [2.05, 4.69) is 5.16 Å². The summed E-state index contributed by atoms with van der Waals surface area (Å²) >= 11 is 5.82. The van der Waals surface area contributed by atoms with Crippen molar-refractivity contribution in [1.29, 1.82) is 0 Å². The first-order valence-electron chi connectivity index (χ1n) is 8.53. The molecule has 0 amide bonds. The maximum atomic E-state index is 6.07. The van der Waals surface area contributed by atoms with Gasteiger partial charge in [0.15, 0.2) is 17.7 Å². The predicted molar refractivity (Wildman–Crippen MR) is 107 cm³/mol. The molecule has 0 saturated carbocycles. The molecule has 0 aliphatic carbocycles. The zero-order valence-electron chi connectivity index (χ0n) is 15.1. The summed E-state index contributed by atoms with van der Waals surface area (Å²) in [6.45, 7) is 2.63. The molecular weight excluding hydrogens is 362 g/mol. The number of thiocarbonyl (C=S) groups is 1. The molecule has 138 valence electrons. The van der Waals surface area contributed by atoms with Gasteiger partial charge in [-0.2, -0.15) is 0 Å². The summed E-state index contributed by atoms with van der Waals surface area (Å²) in [4.78, 5) is 3.88. The zero-order valence-corrected chi connectivity index (χ0v) is 15.9. The lowest BCUT2D eigenvalue weighted by Crippen LogP contribution is -2.46. The van der Waals surface area contributed by atoms with Crippen molar-refractivity contribution in [3.63, 3.8) is 0 Å². The van der Waals surface area contributed by atoms with E-state index in [0.29, 0.717) is 17.5 Å². The van der Waals surface area contributed by atoms with Gasteiger partial charge >= 0.3 is 0 Å². The van der Waals surface area contributed by atoms with Crippen molar-refractivity contribution < 1.29 is 14.0 Å². The lowest BCUT2D eigenvalue weighted by atomic mass is 10.1. The van der Waals surface area contributed by atoms with Gasteiger partial charge in [-0.05, 0) is 49.5 Å². The maximum Gasteiger partial charge on any atom is 0.184 e. The highest BCUT2D eigenvalue weighted by atomic mass is 32.1. The molecule has 7 heteroatoms. The number of hydrogen-bond donors (Lipinski definition) is 0. The Hall–Kier alpha value is -3.06. The van der Waals surface area contributed by atoms with Gasteiger partial charge in [0.25, 0.3) is 0 Å². The number of hydrogen-bond acceptors (Lipinski definition) is 5. The van der Waals surface area contributed by atoms with Gasteiger partial charge in [0.1, 0.15) is 17.3 Å². The van der Waals surface area contributed by atoms with Gasteiger partial charge in [-0.3, -0.25) is 9.80 Å². The van der Waals surface area contributed by atoms with E-state index in [1.807, 2.05) is 71.3 Å². The Morgan fingerprint density at radius 3 is 2.59 bits per heavy atom. The standard InChI is InChI=1S/C20H19N3O3S/c1-14-10-19(21-26-14)22-12-15-11-17(24-2)8-9-18(15)25-13-23(20(22)27)16-6-4-3-5-7-16/h3-11H,12-13H2,1-2H3. The molecule has 0 N–H and O–H groups in total. The fraction of sp³-hybridized carbons (Fsp3) is 0.200. The lowest BCUT2D eigenvalue weighted by molar-refractivity contribution is 0.322. The Labute approximate surface area is 162 Å². The second kappa shape index (κ2) is 7.28. The quantitative estimate of drug-likeness (QED) is 0.632. The minimum atomic E-state index is 0.287. The molecule has 4 rings (SSSR count). The van der Waals surface area contributed by atoms with Crippen LogP contribution in [0.1, 0.15) is 11.3 Å². The molecule has 6 nitrogen and oxygen atoms in total. The smallest absolute Gasteiger partial charge is 0.184 e. The third-order valence-electron chi connectivity index (χ3n) is 4.37. The molecule has 2 aromatic carbocycles. The molecule has 0 unspecified atom stereocenters. The first-order valence-corrected chi connectivity index (χ1v) is 8.93. The largest absolute Gasteiger partial charge is 0.497 e. The average Bonchev–Trinajstić information content (AvgIpc) is 3.12. The van der Waals surface area contributed by atoms with Crippen LogP contribution in [0.5, 0.6) is 11.5 Å². The van der Waals surface area contributed by atoms with Crippen molar-refractivity contribution in [3.05, 3.63) is 65.9 Å². The molecule has 0 atom stereocenters. The summed E-state index contributed by atoms with van der Waals surface area (Å²) in [5.74, 6) is 2.93. The zero-order chi connectivity index (χ0) is 18.8. The number of methoxy groups -OCH3 is 1. The molecule has 2 heterocycles. The number of nitrogens with zero attached hydrogens (tertiary/aromatic N) is 3. The van der Waals surface area contributed by atoms with E-state index >= 15 is 0 Å². The van der Waals surface area contributed by atoms with Crippen LogP contribution in [0.2, 0.25) is 0 Å². The van der Waals surface area contributed by atoms with Gasteiger partial charge in [0.2, 0.25) is 0 Å².